The van der Waals surface area contributed by atoms with Crippen LogP contribution in [0, 0.1) is 5.82 Å². The van der Waals surface area contributed by atoms with Crippen LogP contribution in [0.1, 0.15) is 18.1 Å². The Bertz CT molecular complexity index is 538. The topological polar surface area (TPSA) is 42.4 Å². The number of rotatable bonds is 3. The van der Waals surface area contributed by atoms with Gasteiger partial charge in [-0.05, 0) is 30.7 Å². The van der Waals surface area contributed by atoms with Crippen molar-refractivity contribution in [3.63, 3.8) is 0 Å². The molecule has 0 aliphatic rings. The van der Waals surface area contributed by atoms with Crippen LogP contribution in [0.2, 0.25) is 0 Å². The van der Waals surface area contributed by atoms with Crippen molar-refractivity contribution in [3.05, 3.63) is 59.7 Å². The van der Waals surface area contributed by atoms with Crippen LogP contribution >= 0.6 is 0 Å². The minimum Gasteiger partial charge on any atom is -0.497 e. The second-order valence-corrected chi connectivity index (χ2v) is 4.19. The van der Waals surface area contributed by atoms with E-state index in [2.05, 4.69) is 4.98 Å². The molecule has 1 atom stereocenters. The summed E-state index contributed by atoms with van der Waals surface area (Å²) < 4.78 is 18.2. The molecule has 4 heteroatoms. The van der Waals surface area contributed by atoms with E-state index < -0.39 is 11.4 Å². The zero-order valence-electron chi connectivity index (χ0n) is 10.2. The average molecular weight is 247 g/mol. The summed E-state index contributed by atoms with van der Waals surface area (Å²) in [7, 11) is 1.57. The summed E-state index contributed by atoms with van der Waals surface area (Å²) >= 11 is 0. The normalized spacial score (nSPS) is 14.0. The molecule has 2 rings (SSSR count). The van der Waals surface area contributed by atoms with Crippen LogP contribution in [-0.2, 0) is 5.60 Å². The number of methoxy groups -OCH3 is 1. The maximum Gasteiger partial charge on any atom is 0.141 e. The van der Waals surface area contributed by atoms with Gasteiger partial charge in [0.1, 0.15) is 17.2 Å². The van der Waals surface area contributed by atoms with E-state index in [4.69, 9.17) is 4.74 Å². The Hall–Kier alpha value is -1.94. The van der Waals surface area contributed by atoms with E-state index in [0.717, 1.165) is 6.20 Å². The summed E-state index contributed by atoms with van der Waals surface area (Å²) in [5.74, 6) is 0.230. The Labute approximate surface area is 105 Å². The van der Waals surface area contributed by atoms with Crippen LogP contribution in [0.25, 0.3) is 0 Å². The first kappa shape index (κ1) is 12.5. The fourth-order valence-electron chi connectivity index (χ4n) is 1.76. The molecule has 0 aliphatic heterocycles. The van der Waals surface area contributed by atoms with Gasteiger partial charge in [-0.15, -0.1) is 0 Å². The standard InChI is InChI=1S/C14H14FNO2/c1-14(17,11-7-12(15)9-16-8-11)10-3-5-13(18-2)6-4-10/h3-9,17H,1-2H3/t14-/m1/s1. The molecule has 1 aromatic carbocycles. The molecule has 0 radical (unpaired) electrons. The van der Waals surface area contributed by atoms with Crippen molar-refractivity contribution in [2.24, 2.45) is 0 Å². The van der Waals surface area contributed by atoms with Crippen molar-refractivity contribution >= 4 is 0 Å². The van der Waals surface area contributed by atoms with Gasteiger partial charge in [0.05, 0.1) is 13.3 Å². The highest BCUT2D eigenvalue weighted by Gasteiger charge is 2.26. The zero-order valence-corrected chi connectivity index (χ0v) is 10.2. The number of hydrogen-bond acceptors (Lipinski definition) is 3. The lowest BCUT2D eigenvalue weighted by atomic mass is 9.89. The molecule has 3 nitrogen and oxygen atoms in total. The quantitative estimate of drug-likeness (QED) is 0.906. The number of halogens is 1. The van der Waals surface area contributed by atoms with Crippen molar-refractivity contribution in [1.82, 2.24) is 4.98 Å². The number of benzene rings is 1. The van der Waals surface area contributed by atoms with Crippen LogP contribution in [0.5, 0.6) is 5.75 Å². The molecule has 0 saturated carbocycles. The summed E-state index contributed by atoms with van der Waals surface area (Å²) in [5, 5.41) is 10.5. The SMILES string of the molecule is COc1ccc([C@@](C)(O)c2cncc(F)c2)cc1. The minimum atomic E-state index is -1.29. The summed E-state index contributed by atoms with van der Waals surface area (Å²) in [6.45, 7) is 1.60. The number of pyridine rings is 1. The molecule has 1 heterocycles. The Morgan fingerprint density at radius 1 is 1.17 bits per heavy atom. The van der Waals surface area contributed by atoms with Gasteiger partial charge in [0.25, 0.3) is 0 Å². The number of ether oxygens (including phenoxy) is 1. The monoisotopic (exact) mass is 247 g/mol. The predicted molar refractivity (Wildman–Crippen MR) is 65.9 cm³/mol. The van der Waals surface area contributed by atoms with Gasteiger partial charge in [-0.3, -0.25) is 4.98 Å². The highest BCUT2D eigenvalue weighted by molar-refractivity contribution is 5.37. The minimum absolute atomic E-state index is 0.410. The third kappa shape index (κ3) is 2.33. The third-order valence-electron chi connectivity index (χ3n) is 2.92. The van der Waals surface area contributed by atoms with E-state index in [-0.39, 0.29) is 0 Å². The lowest BCUT2D eigenvalue weighted by Gasteiger charge is -2.24. The summed E-state index contributed by atoms with van der Waals surface area (Å²) in [6, 6.07) is 8.25. The Morgan fingerprint density at radius 3 is 2.39 bits per heavy atom. The summed E-state index contributed by atoms with van der Waals surface area (Å²) in [4.78, 5) is 3.75. The van der Waals surface area contributed by atoms with Gasteiger partial charge in [-0.2, -0.15) is 0 Å². The zero-order chi connectivity index (χ0) is 13.2. The van der Waals surface area contributed by atoms with Crippen LogP contribution in [0.15, 0.2) is 42.7 Å². The third-order valence-corrected chi connectivity index (χ3v) is 2.92. The Kier molecular flexibility index (Phi) is 3.30. The van der Waals surface area contributed by atoms with E-state index in [1.54, 1.807) is 38.3 Å². The second-order valence-electron chi connectivity index (χ2n) is 4.19. The van der Waals surface area contributed by atoms with E-state index in [9.17, 15) is 9.50 Å². The van der Waals surface area contributed by atoms with Crippen molar-refractivity contribution in [2.75, 3.05) is 7.11 Å². The lowest BCUT2D eigenvalue weighted by Crippen LogP contribution is -2.23. The van der Waals surface area contributed by atoms with Gasteiger partial charge in [-0.1, -0.05) is 12.1 Å². The largest absolute Gasteiger partial charge is 0.497 e. The first-order valence-electron chi connectivity index (χ1n) is 5.52. The maximum absolute atomic E-state index is 13.1. The summed E-state index contributed by atoms with van der Waals surface area (Å²) in [6.07, 6.45) is 2.56. The summed E-state index contributed by atoms with van der Waals surface area (Å²) in [5.41, 5.74) is -0.232. The van der Waals surface area contributed by atoms with Crippen molar-refractivity contribution in [1.29, 1.82) is 0 Å². The van der Waals surface area contributed by atoms with Gasteiger partial charge >= 0.3 is 0 Å². The number of aromatic nitrogens is 1. The number of aliphatic hydroxyl groups is 1. The molecule has 0 bridgehead atoms. The van der Waals surface area contributed by atoms with Crippen molar-refractivity contribution in [3.8, 4) is 5.75 Å². The van der Waals surface area contributed by atoms with E-state index in [1.807, 2.05) is 0 Å². The Balaban J connectivity index is 2.40. The van der Waals surface area contributed by atoms with E-state index in [1.165, 1.54) is 12.3 Å². The molecule has 94 valence electrons. The molecule has 18 heavy (non-hydrogen) atoms. The molecule has 0 saturated heterocycles. The van der Waals surface area contributed by atoms with Crippen LogP contribution in [0.4, 0.5) is 4.39 Å². The molecule has 0 unspecified atom stereocenters. The molecule has 1 aromatic heterocycles. The van der Waals surface area contributed by atoms with E-state index in [0.29, 0.717) is 16.9 Å². The molecular formula is C14H14FNO2. The fourth-order valence-corrected chi connectivity index (χ4v) is 1.76. The van der Waals surface area contributed by atoms with Crippen LogP contribution < -0.4 is 4.74 Å². The average Bonchev–Trinajstić information content (AvgIpc) is 2.39. The van der Waals surface area contributed by atoms with Gasteiger partial charge in [0.15, 0.2) is 0 Å². The Morgan fingerprint density at radius 2 is 1.83 bits per heavy atom. The molecule has 0 aliphatic carbocycles. The van der Waals surface area contributed by atoms with E-state index >= 15 is 0 Å². The van der Waals surface area contributed by atoms with Gasteiger partial charge in [0, 0.05) is 11.8 Å². The smallest absolute Gasteiger partial charge is 0.141 e. The second kappa shape index (κ2) is 4.74. The fraction of sp³-hybridized carbons (Fsp3) is 0.214. The first-order chi connectivity index (χ1) is 8.54. The maximum atomic E-state index is 13.1. The van der Waals surface area contributed by atoms with Crippen LogP contribution in [-0.4, -0.2) is 17.2 Å². The lowest BCUT2D eigenvalue weighted by molar-refractivity contribution is 0.101. The molecule has 2 aromatic rings. The predicted octanol–water partition coefficient (Wildman–Crippen LogP) is 2.49. The molecule has 1 N–H and O–H groups in total. The van der Waals surface area contributed by atoms with Gasteiger partial charge in [0.2, 0.25) is 0 Å². The molecule has 0 fully saturated rings. The highest BCUT2D eigenvalue weighted by atomic mass is 19.1. The number of nitrogens with zero attached hydrogens (tertiary/aromatic N) is 1. The van der Waals surface area contributed by atoms with Gasteiger partial charge in [-0.25, -0.2) is 4.39 Å². The number of hydrogen-bond donors (Lipinski definition) is 1. The van der Waals surface area contributed by atoms with Crippen molar-refractivity contribution < 1.29 is 14.2 Å². The van der Waals surface area contributed by atoms with Crippen molar-refractivity contribution in [2.45, 2.75) is 12.5 Å². The van der Waals surface area contributed by atoms with Crippen LogP contribution in [0.3, 0.4) is 0 Å². The first-order valence-corrected chi connectivity index (χ1v) is 5.52. The molecular weight excluding hydrogens is 233 g/mol. The highest BCUT2D eigenvalue weighted by Crippen LogP contribution is 2.29. The molecule has 0 spiro atoms. The molecule has 0 amide bonds. The van der Waals surface area contributed by atoms with Gasteiger partial charge < -0.3 is 9.84 Å².